The van der Waals surface area contributed by atoms with Gasteiger partial charge in [0.25, 0.3) is 0 Å². The van der Waals surface area contributed by atoms with E-state index in [9.17, 15) is 9.59 Å². The maximum absolute atomic E-state index is 12.1. The van der Waals surface area contributed by atoms with Crippen molar-refractivity contribution in [3.05, 3.63) is 0 Å². The second-order valence-electron chi connectivity index (χ2n) is 5.69. The molecule has 7 heteroatoms. The molecule has 21 heavy (non-hydrogen) atoms. The molecular formula is C14H28N4O3. The van der Waals surface area contributed by atoms with E-state index in [4.69, 9.17) is 4.74 Å². The minimum Gasteiger partial charge on any atom is -0.383 e. The Balaban J connectivity index is 2.51. The maximum Gasteiger partial charge on any atom is 0.317 e. The van der Waals surface area contributed by atoms with Crippen molar-refractivity contribution in [2.75, 3.05) is 54.0 Å². The molecule has 1 aliphatic rings. The largest absolute Gasteiger partial charge is 0.383 e. The fraction of sp³-hybridized carbons (Fsp3) is 0.857. The van der Waals surface area contributed by atoms with Crippen molar-refractivity contribution >= 4 is 11.9 Å². The van der Waals surface area contributed by atoms with E-state index in [2.05, 4.69) is 15.5 Å². The molecule has 0 aromatic heterocycles. The van der Waals surface area contributed by atoms with Crippen LogP contribution in [-0.4, -0.2) is 81.8 Å². The van der Waals surface area contributed by atoms with E-state index < -0.39 is 0 Å². The Bertz CT molecular complexity index is 349. The van der Waals surface area contributed by atoms with E-state index in [-0.39, 0.29) is 18.0 Å². The lowest BCUT2D eigenvalue weighted by molar-refractivity contribution is -0.119. The molecule has 0 unspecified atom stereocenters. The molecule has 3 amide bonds. The Labute approximate surface area is 127 Å². The fourth-order valence-corrected chi connectivity index (χ4v) is 2.63. The molecule has 2 N–H and O–H groups in total. The van der Waals surface area contributed by atoms with Gasteiger partial charge in [-0.2, -0.15) is 0 Å². The summed E-state index contributed by atoms with van der Waals surface area (Å²) in [5.41, 5.74) is 0. The minimum absolute atomic E-state index is 0.00718. The third-order valence-electron chi connectivity index (χ3n) is 3.87. The van der Waals surface area contributed by atoms with Crippen molar-refractivity contribution in [2.24, 2.45) is 5.92 Å². The van der Waals surface area contributed by atoms with Crippen LogP contribution in [0.2, 0.25) is 0 Å². The van der Waals surface area contributed by atoms with Crippen LogP contribution in [-0.2, 0) is 9.53 Å². The van der Waals surface area contributed by atoms with Crippen LogP contribution in [0.1, 0.15) is 13.3 Å². The lowest BCUT2D eigenvalue weighted by Gasteiger charge is -2.41. The first-order valence-electron chi connectivity index (χ1n) is 7.38. The highest BCUT2D eigenvalue weighted by molar-refractivity contribution is 5.74. The van der Waals surface area contributed by atoms with Crippen molar-refractivity contribution in [1.82, 2.24) is 20.4 Å². The number of likely N-dealkylation sites (N-methyl/N-ethyl adjacent to an activating group) is 1. The highest BCUT2D eigenvalue weighted by Gasteiger charge is 2.32. The summed E-state index contributed by atoms with van der Waals surface area (Å²) in [5, 5.41) is 5.74. The molecule has 0 aromatic carbocycles. The SMILES string of the molecule is COCCNC(=O)N1CC[C@H](CNC(C)=O)[C@H](N(C)C)C1. The van der Waals surface area contributed by atoms with Gasteiger partial charge in [-0.3, -0.25) is 4.79 Å². The minimum atomic E-state index is -0.0446. The predicted molar refractivity (Wildman–Crippen MR) is 81.1 cm³/mol. The molecule has 0 radical (unpaired) electrons. The number of carbonyl (C=O) groups excluding carboxylic acids is 2. The first kappa shape index (κ1) is 17.7. The third kappa shape index (κ3) is 5.89. The Hall–Kier alpha value is -1.34. The van der Waals surface area contributed by atoms with E-state index >= 15 is 0 Å². The molecule has 0 spiro atoms. The molecule has 0 aliphatic carbocycles. The summed E-state index contributed by atoms with van der Waals surface area (Å²) in [5.74, 6) is 0.360. The molecule has 1 aliphatic heterocycles. The average Bonchev–Trinajstić information content (AvgIpc) is 2.44. The zero-order chi connectivity index (χ0) is 15.8. The van der Waals surface area contributed by atoms with Crippen LogP contribution in [0.25, 0.3) is 0 Å². The summed E-state index contributed by atoms with van der Waals surface area (Å²) in [6, 6.07) is 0.204. The van der Waals surface area contributed by atoms with Gasteiger partial charge in [-0.15, -0.1) is 0 Å². The number of rotatable bonds is 6. The van der Waals surface area contributed by atoms with Gasteiger partial charge < -0.3 is 25.2 Å². The van der Waals surface area contributed by atoms with Crippen LogP contribution in [0.3, 0.4) is 0 Å². The number of likely N-dealkylation sites (tertiary alicyclic amines) is 1. The normalized spacial score (nSPS) is 22.2. The highest BCUT2D eigenvalue weighted by atomic mass is 16.5. The molecule has 1 fully saturated rings. The van der Waals surface area contributed by atoms with Crippen LogP contribution >= 0.6 is 0 Å². The third-order valence-corrected chi connectivity index (χ3v) is 3.87. The monoisotopic (exact) mass is 300 g/mol. The van der Waals surface area contributed by atoms with Gasteiger partial charge in [-0.25, -0.2) is 4.79 Å². The molecule has 0 saturated carbocycles. The molecule has 122 valence electrons. The Morgan fingerprint density at radius 3 is 2.62 bits per heavy atom. The molecule has 1 rings (SSSR count). The zero-order valence-corrected chi connectivity index (χ0v) is 13.5. The number of carbonyl (C=O) groups is 2. The summed E-state index contributed by atoms with van der Waals surface area (Å²) in [4.78, 5) is 27.1. The van der Waals surface area contributed by atoms with Crippen molar-refractivity contribution in [3.63, 3.8) is 0 Å². The zero-order valence-electron chi connectivity index (χ0n) is 13.5. The van der Waals surface area contributed by atoms with Crippen molar-refractivity contribution in [2.45, 2.75) is 19.4 Å². The van der Waals surface area contributed by atoms with Gasteiger partial charge in [0.1, 0.15) is 0 Å². The molecule has 7 nitrogen and oxygen atoms in total. The van der Waals surface area contributed by atoms with E-state index in [0.717, 1.165) is 6.42 Å². The second kappa shape index (κ2) is 8.84. The van der Waals surface area contributed by atoms with Gasteiger partial charge in [0.15, 0.2) is 0 Å². The van der Waals surface area contributed by atoms with Crippen molar-refractivity contribution < 1.29 is 14.3 Å². The predicted octanol–water partition coefficient (Wildman–Crippen LogP) is -0.269. The van der Waals surface area contributed by atoms with Crippen LogP contribution in [0.5, 0.6) is 0 Å². The number of hydrogen-bond donors (Lipinski definition) is 2. The topological polar surface area (TPSA) is 73.9 Å². The van der Waals surface area contributed by atoms with Crippen LogP contribution < -0.4 is 10.6 Å². The second-order valence-corrected chi connectivity index (χ2v) is 5.69. The number of nitrogens with one attached hydrogen (secondary N) is 2. The molecule has 2 atom stereocenters. The standard InChI is InChI=1S/C14H28N4O3/c1-11(19)16-9-12-5-7-18(10-13(12)17(2)3)14(20)15-6-8-21-4/h12-13H,5-10H2,1-4H3,(H,15,20)(H,16,19)/t12-,13-/m1/s1. The summed E-state index contributed by atoms with van der Waals surface area (Å²) in [7, 11) is 5.64. The van der Waals surface area contributed by atoms with E-state index in [0.29, 0.717) is 38.7 Å². The lowest BCUT2D eigenvalue weighted by Crippen LogP contribution is -2.56. The number of nitrogens with zero attached hydrogens (tertiary/aromatic N) is 2. The van der Waals surface area contributed by atoms with Gasteiger partial charge in [0.2, 0.25) is 5.91 Å². The van der Waals surface area contributed by atoms with E-state index in [1.165, 1.54) is 6.92 Å². The first-order valence-corrected chi connectivity index (χ1v) is 7.38. The van der Waals surface area contributed by atoms with Gasteiger partial charge in [0.05, 0.1) is 6.61 Å². The summed E-state index contributed by atoms with van der Waals surface area (Å²) < 4.78 is 4.93. The summed E-state index contributed by atoms with van der Waals surface area (Å²) in [6.07, 6.45) is 0.890. The smallest absolute Gasteiger partial charge is 0.317 e. The Kier molecular flexibility index (Phi) is 7.45. The Morgan fingerprint density at radius 2 is 2.05 bits per heavy atom. The lowest BCUT2D eigenvalue weighted by atomic mass is 9.90. The van der Waals surface area contributed by atoms with Crippen molar-refractivity contribution in [1.29, 1.82) is 0 Å². The quantitative estimate of drug-likeness (QED) is 0.662. The van der Waals surface area contributed by atoms with Gasteiger partial charge in [0, 0.05) is 46.3 Å². The average molecular weight is 300 g/mol. The number of hydrogen-bond acceptors (Lipinski definition) is 4. The molecule has 0 bridgehead atoms. The summed E-state index contributed by atoms with van der Waals surface area (Å²) >= 11 is 0. The van der Waals surface area contributed by atoms with E-state index in [1.807, 2.05) is 19.0 Å². The molecular weight excluding hydrogens is 272 g/mol. The maximum atomic E-state index is 12.1. The van der Waals surface area contributed by atoms with Crippen LogP contribution in [0.15, 0.2) is 0 Å². The van der Waals surface area contributed by atoms with E-state index in [1.54, 1.807) is 7.11 Å². The van der Waals surface area contributed by atoms with Gasteiger partial charge in [-0.1, -0.05) is 0 Å². The summed E-state index contributed by atoms with van der Waals surface area (Å²) in [6.45, 7) is 4.62. The van der Waals surface area contributed by atoms with Crippen molar-refractivity contribution in [3.8, 4) is 0 Å². The number of ether oxygens (including phenoxy) is 1. The number of amides is 3. The fourth-order valence-electron chi connectivity index (χ4n) is 2.63. The number of piperidine rings is 1. The molecule has 1 heterocycles. The first-order chi connectivity index (χ1) is 9.95. The molecule has 1 saturated heterocycles. The van der Waals surface area contributed by atoms with Crippen LogP contribution in [0.4, 0.5) is 4.79 Å². The number of methoxy groups -OCH3 is 1. The van der Waals surface area contributed by atoms with Crippen LogP contribution in [0, 0.1) is 5.92 Å². The Morgan fingerprint density at radius 1 is 1.33 bits per heavy atom. The van der Waals surface area contributed by atoms with Gasteiger partial charge in [-0.05, 0) is 26.4 Å². The van der Waals surface area contributed by atoms with Gasteiger partial charge >= 0.3 is 6.03 Å². The highest BCUT2D eigenvalue weighted by Crippen LogP contribution is 2.20. The number of urea groups is 1. The molecule has 0 aromatic rings.